The maximum Gasteiger partial charge on any atom is 0.292 e. The van der Waals surface area contributed by atoms with E-state index in [0.717, 1.165) is 6.07 Å². The number of rotatable bonds is 6. The van der Waals surface area contributed by atoms with Crippen LogP contribution < -0.4 is 11.1 Å². The summed E-state index contributed by atoms with van der Waals surface area (Å²) < 4.78 is 0. The second kappa shape index (κ2) is 6.85. The van der Waals surface area contributed by atoms with E-state index in [1.165, 1.54) is 12.1 Å². The van der Waals surface area contributed by atoms with E-state index in [4.69, 9.17) is 5.73 Å². The van der Waals surface area contributed by atoms with Gasteiger partial charge in [-0.3, -0.25) is 14.9 Å². The molecule has 7 heteroatoms. The van der Waals surface area contributed by atoms with Crippen molar-refractivity contribution in [3.05, 3.63) is 33.9 Å². The second-order valence-electron chi connectivity index (χ2n) is 4.93. The lowest BCUT2D eigenvalue weighted by Gasteiger charge is -2.14. The third-order valence-corrected chi connectivity index (χ3v) is 2.84. The number of anilines is 1. The maximum absolute atomic E-state index is 11.9. The van der Waals surface area contributed by atoms with Crippen molar-refractivity contribution in [1.29, 1.82) is 0 Å². The Bertz CT molecular complexity index is 502. The number of carbonyl (C=O) groups is 1. The maximum atomic E-state index is 11.9. The Balaban J connectivity index is 2.69. The zero-order chi connectivity index (χ0) is 15.3. The van der Waals surface area contributed by atoms with Crippen molar-refractivity contribution in [1.82, 2.24) is 5.32 Å². The van der Waals surface area contributed by atoms with Crippen molar-refractivity contribution in [3.8, 4) is 0 Å². The molecule has 20 heavy (non-hydrogen) atoms. The number of nitro benzene ring substituents is 1. The average Bonchev–Trinajstić information content (AvgIpc) is 2.35. The summed E-state index contributed by atoms with van der Waals surface area (Å²) in [5.41, 5.74) is 5.40. The molecule has 0 aliphatic rings. The van der Waals surface area contributed by atoms with Gasteiger partial charge < -0.3 is 16.2 Å². The van der Waals surface area contributed by atoms with Gasteiger partial charge in [-0.1, -0.05) is 6.92 Å². The van der Waals surface area contributed by atoms with Gasteiger partial charge in [-0.05, 0) is 31.4 Å². The summed E-state index contributed by atoms with van der Waals surface area (Å²) in [5.74, 6) is -0.284. The molecule has 0 saturated carbocycles. The monoisotopic (exact) mass is 281 g/mol. The third kappa shape index (κ3) is 4.51. The number of nitrogen functional groups attached to an aromatic ring is 1. The third-order valence-electron chi connectivity index (χ3n) is 2.84. The van der Waals surface area contributed by atoms with Crippen LogP contribution in [0.15, 0.2) is 18.2 Å². The molecule has 0 bridgehead atoms. The van der Waals surface area contributed by atoms with Crippen molar-refractivity contribution >= 4 is 17.3 Å². The fraction of sp³-hybridized carbons (Fsp3) is 0.462. The lowest BCUT2D eigenvalue weighted by atomic mass is 10.0. The molecule has 110 valence electrons. The number of carbonyl (C=O) groups excluding carboxylic acids is 1. The minimum atomic E-state index is -0.623. The van der Waals surface area contributed by atoms with Crippen molar-refractivity contribution in [2.45, 2.75) is 26.4 Å². The van der Waals surface area contributed by atoms with E-state index < -0.39 is 16.9 Å². The minimum Gasteiger partial charge on any atom is -0.393 e. The highest BCUT2D eigenvalue weighted by molar-refractivity contribution is 5.95. The van der Waals surface area contributed by atoms with Crippen molar-refractivity contribution in [3.63, 3.8) is 0 Å². The molecule has 4 N–H and O–H groups in total. The number of amides is 1. The fourth-order valence-electron chi connectivity index (χ4n) is 1.88. The predicted octanol–water partition coefficient (Wildman–Crippen LogP) is 1.31. The first-order chi connectivity index (χ1) is 9.31. The van der Waals surface area contributed by atoms with Crippen molar-refractivity contribution in [2.24, 2.45) is 5.92 Å². The SMILES string of the molecule is CC(O)CC(C)CNC(=O)c1ccc(N)c([N+](=O)[O-])c1. The van der Waals surface area contributed by atoms with Crippen molar-refractivity contribution < 1.29 is 14.8 Å². The first kappa shape index (κ1) is 15.9. The van der Waals surface area contributed by atoms with Gasteiger partial charge in [0, 0.05) is 18.2 Å². The van der Waals surface area contributed by atoms with Crippen molar-refractivity contribution in [2.75, 3.05) is 12.3 Å². The van der Waals surface area contributed by atoms with Crippen LogP contribution in [0.25, 0.3) is 0 Å². The Kier molecular flexibility index (Phi) is 5.45. The highest BCUT2D eigenvalue weighted by Crippen LogP contribution is 2.22. The van der Waals surface area contributed by atoms with E-state index in [1.54, 1.807) is 6.92 Å². The van der Waals surface area contributed by atoms with Gasteiger partial charge in [-0.15, -0.1) is 0 Å². The van der Waals surface area contributed by atoms with Crippen LogP contribution in [-0.2, 0) is 0 Å². The number of hydrogen-bond acceptors (Lipinski definition) is 5. The molecule has 0 spiro atoms. The zero-order valence-electron chi connectivity index (χ0n) is 11.5. The zero-order valence-corrected chi connectivity index (χ0v) is 11.5. The minimum absolute atomic E-state index is 0.0222. The van der Waals surface area contributed by atoms with Crippen LogP contribution in [0.1, 0.15) is 30.6 Å². The smallest absolute Gasteiger partial charge is 0.292 e. The van der Waals surface area contributed by atoms with E-state index in [9.17, 15) is 20.0 Å². The van der Waals surface area contributed by atoms with Gasteiger partial charge in [0.2, 0.25) is 0 Å². The van der Waals surface area contributed by atoms with Crippen LogP contribution >= 0.6 is 0 Å². The van der Waals surface area contributed by atoms with Crippen LogP contribution in [0, 0.1) is 16.0 Å². The van der Waals surface area contributed by atoms with Gasteiger partial charge in [0.15, 0.2) is 0 Å². The Morgan fingerprint density at radius 1 is 1.50 bits per heavy atom. The van der Waals surface area contributed by atoms with Gasteiger partial charge in [0.25, 0.3) is 11.6 Å². The van der Waals surface area contributed by atoms with E-state index in [0.29, 0.717) is 13.0 Å². The molecule has 7 nitrogen and oxygen atoms in total. The van der Waals surface area contributed by atoms with Crippen LogP contribution in [0.3, 0.4) is 0 Å². The number of hydrogen-bond donors (Lipinski definition) is 3. The number of aliphatic hydroxyl groups excluding tert-OH is 1. The Labute approximate surface area is 116 Å². The molecule has 1 aromatic rings. The molecule has 1 aromatic carbocycles. The molecule has 0 aliphatic heterocycles. The lowest BCUT2D eigenvalue weighted by molar-refractivity contribution is -0.383. The topological polar surface area (TPSA) is 118 Å². The quantitative estimate of drug-likeness (QED) is 0.412. The summed E-state index contributed by atoms with van der Waals surface area (Å²) >= 11 is 0. The summed E-state index contributed by atoms with van der Waals surface area (Å²) in [7, 11) is 0. The molecule has 0 fully saturated rings. The van der Waals surface area contributed by atoms with E-state index in [2.05, 4.69) is 5.32 Å². The number of aliphatic hydroxyl groups is 1. The van der Waals surface area contributed by atoms with Crippen LogP contribution in [-0.4, -0.2) is 28.6 Å². The Morgan fingerprint density at radius 3 is 2.70 bits per heavy atom. The van der Waals surface area contributed by atoms with Gasteiger partial charge >= 0.3 is 0 Å². The standard InChI is InChI=1S/C13H19N3O4/c1-8(5-9(2)17)7-15-13(18)10-3-4-11(14)12(6-10)16(19)20/h3-4,6,8-9,17H,5,7,14H2,1-2H3,(H,15,18). The average molecular weight is 281 g/mol. The molecule has 1 rings (SSSR count). The largest absolute Gasteiger partial charge is 0.393 e. The summed E-state index contributed by atoms with van der Waals surface area (Å²) in [5, 5.41) is 22.7. The first-order valence-electron chi connectivity index (χ1n) is 6.31. The number of nitro groups is 1. The molecule has 2 atom stereocenters. The molecule has 2 unspecified atom stereocenters. The molecular formula is C13H19N3O4. The molecule has 0 saturated heterocycles. The van der Waals surface area contributed by atoms with Crippen LogP contribution in [0.2, 0.25) is 0 Å². The first-order valence-corrected chi connectivity index (χ1v) is 6.31. The molecule has 1 amide bonds. The second-order valence-corrected chi connectivity index (χ2v) is 4.93. The van der Waals surface area contributed by atoms with Gasteiger partial charge in [-0.2, -0.15) is 0 Å². The molecule has 0 aliphatic carbocycles. The van der Waals surface area contributed by atoms with Crippen LogP contribution in [0.5, 0.6) is 0 Å². The lowest BCUT2D eigenvalue weighted by Crippen LogP contribution is -2.29. The number of nitrogens with one attached hydrogen (secondary N) is 1. The summed E-state index contributed by atoms with van der Waals surface area (Å²) in [6.45, 7) is 3.97. The number of nitrogens with zero attached hydrogens (tertiary/aromatic N) is 1. The molecule has 0 aromatic heterocycles. The number of nitrogens with two attached hydrogens (primary N) is 1. The highest BCUT2D eigenvalue weighted by atomic mass is 16.6. The van der Waals surface area contributed by atoms with Gasteiger partial charge in [0.1, 0.15) is 5.69 Å². The predicted molar refractivity (Wildman–Crippen MR) is 75.3 cm³/mol. The molecule has 0 radical (unpaired) electrons. The molecular weight excluding hydrogens is 262 g/mol. The number of benzene rings is 1. The fourth-order valence-corrected chi connectivity index (χ4v) is 1.88. The van der Waals surface area contributed by atoms with E-state index in [1.807, 2.05) is 6.92 Å². The Hall–Kier alpha value is -2.15. The van der Waals surface area contributed by atoms with Gasteiger partial charge in [-0.25, -0.2) is 0 Å². The highest BCUT2D eigenvalue weighted by Gasteiger charge is 2.16. The molecule has 0 heterocycles. The summed E-state index contributed by atoms with van der Waals surface area (Å²) in [4.78, 5) is 22.0. The summed E-state index contributed by atoms with van der Waals surface area (Å²) in [6.07, 6.45) is 0.141. The van der Waals surface area contributed by atoms with Gasteiger partial charge in [0.05, 0.1) is 11.0 Å². The van der Waals surface area contributed by atoms with E-state index in [-0.39, 0.29) is 22.9 Å². The van der Waals surface area contributed by atoms with Crippen LogP contribution in [0.4, 0.5) is 11.4 Å². The van der Waals surface area contributed by atoms with E-state index >= 15 is 0 Å². The summed E-state index contributed by atoms with van der Waals surface area (Å²) in [6, 6.07) is 3.94. The Morgan fingerprint density at radius 2 is 2.15 bits per heavy atom. The normalized spacial score (nSPS) is 13.6.